The molecule has 0 aromatic heterocycles. The van der Waals surface area contributed by atoms with Crippen LogP contribution in [-0.4, -0.2) is 45.3 Å². The first kappa shape index (κ1) is 15.5. The maximum atomic E-state index is 5.11. The first-order valence-electron chi connectivity index (χ1n) is 7.74. The van der Waals surface area contributed by atoms with Crippen molar-refractivity contribution in [2.45, 2.75) is 25.8 Å². The van der Waals surface area contributed by atoms with Gasteiger partial charge < -0.3 is 10.1 Å². The number of nitrogens with one attached hydrogen (secondary N) is 1. The third-order valence-electron chi connectivity index (χ3n) is 4.14. The SMILES string of the molecule is COCCN(C)Cc1ccc(CC2CCNCC2)cc1. The smallest absolute Gasteiger partial charge is 0.0589 e. The second-order valence-corrected chi connectivity index (χ2v) is 5.94. The third-order valence-corrected chi connectivity index (χ3v) is 4.14. The van der Waals surface area contributed by atoms with Gasteiger partial charge in [-0.15, -0.1) is 0 Å². The summed E-state index contributed by atoms with van der Waals surface area (Å²) in [5.74, 6) is 0.867. The normalized spacial score (nSPS) is 16.8. The molecule has 1 aliphatic heterocycles. The maximum Gasteiger partial charge on any atom is 0.0589 e. The Bertz CT molecular complexity index is 371. The summed E-state index contributed by atoms with van der Waals surface area (Å²) < 4.78 is 5.11. The van der Waals surface area contributed by atoms with Crippen LogP contribution in [0.4, 0.5) is 0 Å². The maximum absolute atomic E-state index is 5.11. The molecule has 2 rings (SSSR count). The molecule has 0 amide bonds. The second-order valence-electron chi connectivity index (χ2n) is 5.94. The van der Waals surface area contributed by atoms with Crippen LogP contribution in [0.3, 0.4) is 0 Å². The molecule has 1 heterocycles. The van der Waals surface area contributed by atoms with Gasteiger partial charge in [-0.25, -0.2) is 0 Å². The van der Waals surface area contributed by atoms with Crippen LogP contribution in [0.15, 0.2) is 24.3 Å². The van der Waals surface area contributed by atoms with Crippen molar-refractivity contribution < 1.29 is 4.74 Å². The zero-order valence-electron chi connectivity index (χ0n) is 12.9. The topological polar surface area (TPSA) is 24.5 Å². The van der Waals surface area contributed by atoms with Crippen LogP contribution in [0.25, 0.3) is 0 Å². The highest BCUT2D eigenvalue weighted by molar-refractivity contribution is 5.23. The van der Waals surface area contributed by atoms with Crippen molar-refractivity contribution in [3.05, 3.63) is 35.4 Å². The number of hydrogen-bond donors (Lipinski definition) is 1. The van der Waals surface area contributed by atoms with Gasteiger partial charge in [0.1, 0.15) is 0 Å². The molecule has 0 saturated carbocycles. The molecule has 1 aromatic carbocycles. The minimum atomic E-state index is 0.796. The molecule has 0 atom stereocenters. The van der Waals surface area contributed by atoms with Gasteiger partial charge in [0, 0.05) is 20.2 Å². The Kier molecular flexibility index (Phi) is 6.51. The molecule has 112 valence electrons. The van der Waals surface area contributed by atoms with Crippen LogP contribution in [0, 0.1) is 5.92 Å². The standard InChI is InChI=1S/C17H28N2O/c1-19(11-12-20-2)14-17-5-3-15(4-6-17)13-16-7-9-18-10-8-16/h3-6,16,18H,7-14H2,1-2H3. The van der Waals surface area contributed by atoms with Crippen molar-refractivity contribution in [2.75, 3.05) is 40.4 Å². The number of rotatable bonds is 7. The molecule has 3 heteroatoms. The Morgan fingerprint density at radius 1 is 1.15 bits per heavy atom. The fourth-order valence-electron chi connectivity index (χ4n) is 2.84. The predicted octanol–water partition coefficient (Wildman–Crippen LogP) is 2.31. The Hall–Kier alpha value is -0.900. The van der Waals surface area contributed by atoms with Gasteiger partial charge in [-0.1, -0.05) is 24.3 Å². The van der Waals surface area contributed by atoms with Crippen LogP contribution >= 0.6 is 0 Å². The highest BCUT2D eigenvalue weighted by Gasteiger charge is 2.13. The van der Waals surface area contributed by atoms with E-state index in [1.54, 1.807) is 7.11 Å². The van der Waals surface area contributed by atoms with Crippen LogP contribution < -0.4 is 5.32 Å². The summed E-state index contributed by atoms with van der Waals surface area (Å²) in [6, 6.07) is 9.17. The minimum absolute atomic E-state index is 0.796. The zero-order chi connectivity index (χ0) is 14.2. The van der Waals surface area contributed by atoms with Gasteiger partial charge in [-0.3, -0.25) is 4.90 Å². The van der Waals surface area contributed by atoms with Crippen molar-refractivity contribution in [2.24, 2.45) is 5.92 Å². The molecule has 0 spiro atoms. The van der Waals surface area contributed by atoms with E-state index in [2.05, 4.69) is 41.5 Å². The number of piperidine rings is 1. The van der Waals surface area contributed by atoms with Crippen molar-refractivity contribution >= 4 is 0 Å². The van der Waals surface area contributed by atoms with Crippen LogP contribution in [-0.2, 0) is 17.7 Å². The summed E-state index contributed by atoms with van der Waals surface area (Å²) in [6.45, 7) is 5.15. The third kappa shape index (κ3) is 5.23. The highest BCUT2D eigenvalue weighted by atomic mass is 16.5. The lowest BCUT2D eigenvalue weighted by Crippen LogP contribution is -2.28. The summed E-state index contributed by atoms with van der Waals surface area (Å²) >= 11 is 0. The highest BCUT2D eigenvalue weighted by Crippen LogP contribution is 2.18. The fraction of sp³-hybridized carbons (Fsp3) is 0.647. The number of likely N-dealkylation sites (N-methyl/N-ethyl adjacent to an activating group) is 1. The number of hydrogen-bond acceptors (Lipinski definition) is 3. The van der Waals surface area contributed by atoms with Crippen LogP contribution in [0.5, 0.6) is 0 Å². The first-order valence-corrected chi connectivity index (χ1v) is 7.74. The Balaban J connectivity index is 1.79. The van der Waals surface area contributed by atoms with Crippen molar-refractivity contribution in [1.82, 2.24) is 10.2 Å². The van der Waals surface area contributed by atoms with Gasteiger partial charge in [0.15, 0.2) is 0 Å². The average Bonchev–Trinajstić information content (AvgIpc) is 2.48. The molecule has 0 unspecified atom stereocenters. The molecule has 1 aliphatic rings. The van der Waals surface area contributed by atoms with Crippen LogP contribution in [0.2, 0.25) is 0 Å². The molecule has 1 aromatic rings. The van der Waals surface area contributed by atoms with E-state index in [0.717, 1.165) is 25.6 Å². The minimum Gasteiger partial charge on any atom is -0.383 e. The second kappa shape index (κ2) is 8.40. The quantitative estimate of drug-likeness (QED) is 0.827. The van der Waals surface area contributed by atoms with E-state index in [1.165, 1.54) is 43.5 Å². The largest absolute Gasteiger partial charge is 0.383 e. The van der Waals surface area contributed by atoms with E-state index in [9.17, 15) is 0 Å². The van der Waals surface area contributed by atoms with Crippen molar-refractivity contribution in [3.8, 4) is 0 Å². The number of nitrogens with zero attached hydrogens (tertiary/aromatic N) is 1. The lowest BCUT2D eigenvalue weighted by atomic mass is 9.91. The molecule has 3 nitrogen and oxygen atoms in total. The molecule has 0 bridgehead atoms. The van der Waals surface area contributed by atoms with Gasteiger partial charge >= 0.3 is 0 Å². The Labute approximate surface area is 123 Å². The summed E-state index contributed by atoms with van der Waals surface area (Å²) in [5, 5.41) is 3.43. The van der Waals surface area contributed by atoms with E-state index in [0.29, 0.717) is 0 Å². The number of methoxy groups -OCH3 is 1. The van der Waals surface area contributed by atoms with E-state index >= 15 is 0 Å². The van der Waals surface area contributed by atoms with Gasteiger partial charge in [-0.05, 0) is 56.4 Å². The molecule has 1 fully saturated rings. The predicted molar refractivity (Wildman–Crippen MR) is 83.9 cm³/mol. The van der Waals surface area contributed by atoms with Gasteiger partial charge in [-0.2, -0.15) is 0 Å². The molecule has 1 saturated heterocycles. The summed E-state index contributed by atoms with van der Waals surface area (Å²) in [7, 11) is 3.89. The molecular formula is C17H28N2O. The summed E-state index contributed by atoms with van der Waals surface area (Å²) in [4.78, 5) is 2.30. The molecule has 0 radical (unpaired) electrons. The lowest BCUT2D eigenvalue weighted by molar-refractivity contribution is 0.158. The Morgan fingerprint density at radius 2 is 1.80 bits per heavy atom. The van der Waals surface area contributed by atoms with Gasteiger partial charge in [0.2, 0.25) is 0 Å². The molecule has 0 aliphatic carbocycles. The van der Waals surface area contributed by atoms with Crippen LogP contribution in [0.1, 0.15) is 24.0 Å². The first-order chi connectivity index (χ1) is 9.78. The average molecular weight is 276 g/mol. The van der Waals surface area contributed by atoms with Gasteiger partial charge in [0.05, 0.1) is 6.61 Å². The lowest BCUT2D eigenvalue weighted by Gasteiger charge is -2.22. The zero-order valence-corrected chi connectivity index (χ0v) is 12.9. The molecule has 20 heavy (non-hydrogen) atoms. The van der Waals surface area contributed by atoms with Crippen molar-refractivity contribution in [3.63, 3.8) is 0 Å². The fourth-order valence-corrected chi connectivity index (χ4v) is 2.84. The summed E-state index contributed by atoms with van der Waals surface area (Å²) in [6.07, 6.45) is 3.88. The monoisotopic (exact) mass is 276 g/mol. The van der Waals surface area contributed by atoms with Crippen molar-refractivity contribution in [1.29, 1.82) is 0 Å². The molecular weight excluding hydrogens is 248 g/mol. The van der Waals surface area contributed by atoms with E-state index in [1.807, 2.05) is 0 Å². The number of benzene rings is 1. The van der Waals surface area contributed by atoms with E-state index in [4.69, 9.17) is 4.74 Å². The number of ether oxygens (including phenoxy) is 1. The molecule has 1 N–H and O–H groups in total. The summed E-state index contributed by atoms with van der Waals surface area (Å²) in [5.41, 5.74) is 2.87. The van der Waals surface area contributed by atoms with E-state index < -0.39 is 0 Å². The van der Waals surface area contributed by atoms with E-state index in [-0.39, 0.29) is 0 Å². The Morgan fingerprint density at radius 3 is 2.45 bits per heavy atom. The van der Waals surface area contributed by atoms with Gasteiger partial charge in [0.25, 0.3) is 0 Å².